The molecule has 0 saturated carbocycles. The second-order valence-corrected chi connectivity index (χ2v) is 8.92. The van der Waals surface area contributed by atoms with Crippen LogP contribution in [0.2, 0.25) is 0 Å². The third kappa shape index (κ3) is 4.06. The summed E-state index contributed by atoms with van der Waals surface area (Å²) in [6, 6.07) is 12.0. The molecular weight excluding hydrogens is 410 g/mol. The molecule has 1 fully saturated rings. The number of fused-ring (bicyclic) bond motifs is 1. The van der Waals surface area contributed by atoms with Crippen LogP contribution in [0, 0.1) is 6.92 Å². The molecule has 4 aromatic rings. The minimum atomic E-state index is -0.0630. The van der Waals surface area contributed by atoms with Crippen LogP contribution in [0.15, 0.2) is 51.1 Å². The number of hydrogen-bond acceptors (Lipinski definition) is 7. The van der Waals surface area contributed by atoms with E-state index in [-0.39, 0.29) is 11.6 Å². The van der Waals surface area contributed by atoms with Gasteiger partial charge in [0, 0.05) is 49.7 Å². The van der Waals surface area contributed by atoms with Crippen LogP contribution in [0.5, 0.6) is 0 Å². The summed E-state index contributed by atoms with van der Waals surface area (Å²) < 4.78 is 5.17. The van der Waals surface area contributed by atoms with Crippen molar-refractivity contribution in [2.75, 3.05) is 26.2 Å². The van der Waals surface area contributed by atoms with Gasteiger partial charge in [0.15, 0.2) is 0 Å². The van der Waals surface area contributed by atoms with Gasteiger partial charge in [0.1, 0.15) is 16.4 Å². The highest BCUT2D eigenvalue weighted by Crippen LogP contribution is 2.31. The number of hydrogen-bond donors (Lipinski definition) is 1. The van der Waals surface area contributed by atoms with E-state index in [4.69, 9.17) is 9.51 Å². The van der Waals surface area contributed by atoms with Crippen molar-refractivity contribution in [3.63, 3.8) is 0 Å². The maximum atomic E-state index is 13.0. The molecule has 5 rings (SSSR count). The monoisotopic (exact) mass is 435 g/mol. The molecule has 31 heavy (non-hydrogen) atoms. The Hall–Kier alpha value is -2.81. The Morgan fingerprint density at radius 3 is 2.68 bits per heavy atom. The van der Waals surface area contributed by atoms with E-state index in [0.717, 1.165) is 66.0 Å². The lowest BCUT2D eigenvalue weighted by Gasteiger charge is -2.37. The van der Waals surface area contributed by atoms with Crippen LogP contribution in [0.25, 0.3) is 21.3 Å². The van der Waals surface area contributed by atoms with Crippen molar-refractivity contribution in [2.45, 2.75) is 26.4 Å². The summed E-state index contributed by atoms with van der Waals surface area (Å²) >= 11 is 1.53. The molecule has 1 atom stereocenters. The van der Waals surface area contributed by atoms with Gasteiger partial charge >= 0.3 is 0 Å². The lowest BCUT2D eigenvalue weighted by molar-refractivity contribution is 0.0933. The number of nitrogens with zero attached hydrogens (tertiary/aromatic N) is 4. The third-order valence-corrected chi connectivity index (χ3v) is 6.83. The van der Waals surface area contributed by atoms with Crippen LogP contribution in [0.1, 0.15) is 30.2 Å². The van der Waals surface area contributed by atoms with Crippen molar-refractivity contribution in [3.8, 4) is 11.1 Å². The maximum Gasteiger partial charge on any atom is 0.260 e. The van der Waals surface area contributed by atoms with Gasteiger partial charge in [-0.2, -0.15) is 0 Å². The highest BCUT2D eigenvalue weighted by molar-refractivity contribution is 7.17. The second kappa shape index (κ2) is 8.37. The molecule has 3 aromatic heterocycles. The van der Waals surface area contributed by atoms with E-state index in [1.165, 1.54) is 11.3 Å². The highest BCUT2D eigenvalue weighted by atomic mass is 32.1. The molecule has 0 radical (unpaired) electrons. The van der Waals surface area contributed by atoms with Crippen LogP contribution >= 0.6 is 11.3 Å². The van der Waals surface area contributed by atoms with Crippen molar-refractivity contribution in [1.82, 2.24) is 24.9 Å². The Bertz CT molecular complexity index is 1240. The summed E-state index contributed by atoms with van der Waals surface area (Å²) in [5.74, 6) is 1.58. The smallest absolute Gasteiger partial charge is 0.260 e. The first-order valence-corrected chi connectivity index (χ1v) is 11.4. The van der Waals surface area contributed by atoms with E-state index < -0.39 is 0 Å². The number of benzene rings is 1. The largest absolute Gasteiger partial charge is 0.361 e. The number of nitrogens with one attached hydrogen (secondary N) is 1. The Labute approximate surface area is 184 Å². The first-order valence-electron chi connectivity index (χ1n) is 10.5. The van der Waals surface area contributed by atoms with Crippen molar-refractivity contribution in [3.05, 3.63) is 69.4 Å². The predicted octanol–water partition coefficient (Wildman–Crippen LogP) is 3.83. The zero-order chi connectivity index (χ0) is 21.4. The minimum Gasteiger partial charge on any atom is -0.361 e. The Kier molecular flexibility index (Phi) is 5.43. The standard InChI is InChI=1S/C23H25N5O2S/c1-15-12-18(26-30-15)13-27-8-10-28(11-9-27)16(2)21-24-22(29)20-19(14-31-23(20)25-21)17-6-4-3-5-7-17/h3-7,12,14,16H,8-11,13H2,1-2H3,(H,24,25,29)/t16-/m1/s1. The van der Waals surface area contributed by atoms with Gasteiger partial charge in [0.25, 0.3) is 5.56 Å². The van der Waals surface area contributed by atoms with Gasteiger partial charge in [-0.15, -0.1) is 11.3 Å². The van der Waals surface area contributed by atoms with E-state index in [0.29, 0.717) is 5.39 Å². The maximum absolute atomic E-state index is 13.0. The van der Waals surface area contributed by atoms with Crippen molar-refractivity contribution < 1.29 is 4.52 Å². The predicted molar refractivity (Wildman–Crippen MR) is 122 cm³/mol. The molecule has 7 nitrogen and oxygen atoms in total. The van der Waals surface area contributed by atoms with Gasteiger partial charge < -0.3 is 9.51 Å². The summed E-state index contributed by atoms with van der Waals surface area (Å²) in [6.07, 6.45) is 0. The molecule has 1 aliphatic heterocycles. The molecule has 0 amide bonds. The van der Waals surface area contributed by atoms with Gasteiger partial charge in [-0.1, -0.05) is 35.5 Å². The number of piperazine rings is 1. The lowest BCUT2D eigenvalue weighted by Crippen LogP contribution is -2.47. The van der Waals surface area contributed by atoms with E-state index in [1.807, 2.05) is 48.7 Å². The van der Waals surface area contributed by atoms with Gasteiger partial charge in [-0.25, -0.2) is 4.98 Å². The molecule has 1 aliphatic rings. The summed E-state index contributed by atoms with van der Waals surface area (Å²) in [7, 11) is 0. The van der Waals surface area contributed by atoms with Gasteiger partial charge in [0.05, 0.1) is 17.1 Å². The highest BCUT2D eigenvalue weighted by Gasteiger charge is 2.25. The molecule has 1 saturated heterocycles. The fourth-order valence-corrected chi connectivity index (χ4v) is 5.15. The Morgan fingerprint density at radius 2 is 1.97 bits per heavy atom. The average Bonchev–Trinajstić information content (AvgIpc) is 3.40. The molecular formula is C23H25N5O2S. The first-order chi connectivity index (χ1) is 15.1. The van der Waals surface area contributed by atoms with Crippen molar-refractivity contribution >= 4 is 21.6 Å². The average molecular weight is 436 g/mol. The lowest BCUT2D eigenvalue weighted by atomic mass is 10.1. The summed E-state index contributed by atoms with van der Waals surface area (Å²) in [5.41, 5.74) is 2.90. The van der Waals surface area contributed by atoms with Gasteiger partial charge in [-0.3, -0.25) is 14.6 Å². The third-order valence-electron chi connectivity index (χ3n) is 5.96. The molecule has 1 N–H and O–H groups in total. The van der Waals surface area contributed by atoms with Crippen LogP contribution in [0.3, 0.4) is 0 Å². The van der Waals surface area contributed by atoms with E-state index in [9.17, 15) is 4.79 Å². The molecule has 0 aliphatic carbocycles. The number of thiophene rings is 1. The molecule has 4 heterocycles. The summed E-state index contributed by atoms with van der Waals surface area (Å²) in [6.45, 7) is 8.56. The fraction of sp³-hybridized carbons (Fsp3) is 0.348. The Morgan fingerprint density at radius 1 is 1.19 bits per heavy atom. The van der Waals surface area contributed by atoms with E-state index in [1.54, 1.807) is 0 Å². The van der Waals surface area contributed by atoms with Crippen LogP contribution in [-0.4, -0.2) is 51.1 Å². The quantitative estimate of drug-likeness (QED) is 0.513. The van der Waals surface area contributed by atoms with E-state index in [2.05, 4.69) is 26.9 Å². The van der Waals surface area contributed by atoms with Crippen LogP contribution in [0.4, 0.5) is 0 Å². The number of rotatable bonds is 5. The number of aryl methyl sites for hydroxylation is 1. The SMILES string of the molecule is Cc1cc(CN2CCN([C@H](C)c3nc4scc(-c5ccccc5)c4c(=O)[nH]3)CC2)no1. The molecule has 160 valence electrons. The fourth-order valence-electron chi connectivity index (χ4n) is 4.20. The number of H-pyrrole nitrogens is 1. The first kappa shape index (κ1) is 20.1. The number of aromatic amines is 1. The molecule has 0 bridgehead atoms. The molecule has 8 heteroatoms. The van der Waals surface area contributed by atoms with Crippen molar-refractivity contribution in [2.24, 2.45) is 0 Å². The van der Waals surface area contributed by atoms with Crippen molar-refractivity contribution in [1.29, 1.82) is 0 Å². The normalized spacial score (nSPS) is 16.7. The zero-order valence-electron chi connectivity index (χ0n) is 17.7. The van der Waals surface area contributed by atoms with Crippen LogP contribution < -0.4 is 5.56 Å². The molecule has 0 spiro atoms. The summed E-state index contributed by atoms with van der Waals surface area (Å²) in [4.78, 5) is 26.4. The minimum absolute atomic E-state index is 0.0517. The van der Waals surface area contributed by atoms with Gasteiger partial charge in [0.2, 0.25) is 0 Å². The molecule has 1 aromatic carbocycles. The topological polar surface area (TPSA) is 78.3 Å². The van der Waals surface area contributed by atoms with Gasteiger partial charge in [-0.05, 0) is 19.4 Å². The van der Waals surface area contributed by atoms with E-state index >= 15 is 0 Å². The zero-order valence-corrected chi connectivity index (χ0v) is 18.5. The summed E-state index contributed by atoms with van der Waals surface area (Å²) in [5, 5.41) is 6.80. The van der Waals surface area contributed by atoms with Crippen LogP contribution in [-0.2, 0) is 6.54 Å². The number of aromatic nitrogens is 3. The second-order valence-electron chi connectivity index (χ2n) is 8.06. The molecule has 0 unspecified atom stereocenters. The Balaban J connectivity index is 1.31.